The van der Waals surface area contributed by atoms with Gasteiger partial charge in [-0.3, -0.25) is 14.6 Å². The standard InChI is InChI=1S/C21H16N4O2/c1-14(26)16-4-8-19(9-5-16)25-21(27)17-10-20(13-23-12-17)24-18-6-2-15(11-22)3-7-18/h2-10,12-13,24H,1H3,(H,25,27). The van der Waals surface area contributed by atoms with Gasteiger partial charge in [0.2, 0.25) is 0 Å². The van der Waals surface area contributed by atoms with Gasteiger partial charge in [0.25, 0.3) is 5.91 Å². The highest BCUT2D eigenvalue weighted by atomic mass is 16.1. The lowest BCUT2D eigenvalue weighted by molar-refractivity contribution is 0.101. The Hall–Kier alpha value is -3.98. The number of carbonyl (C=O) groups excluding carboxylic acids is 2. The molecule has 0 bridgehead atoms. The van der Waals surface area contributed by atoms with E-state index in [4.69, 9.17) is 5.26 Å². The molecule has 0 aliphatic carbocycles. The molecule has 2 aromatic carbocycles. The molecule has 3 aromatic rings. The van der Waals surface area contributed by atoms with E-state index in [2.05, 4.69) is 21.7 Å². The average Bonchev–Trinajstić information content (AvgIpc) is 2.69. The third-order valence-corrected chi connectivity index (χ3v) is 3.85. The first-order valence-corrected chi connectivity index (χ1v) is 8.20. The first kappa shape index (κ1) is 17.8. The lowest BCUT2D eigenvalue weighted by Crippen LogP contribution is -2.12. The normalized spacial score (nSPS) is 9.93. The molecule has 1 heterocycles. The second-order valence-corrected chi connectivity index (χ2v) is 5.86. The van der Waals surface area contributed by atoms with Crippen molar-refractivity contribution < 1.29 is 9.59 Å². The Kier molecular flexibility index (Phi) is 5.24. The van der Waals surface area contributed by atoms with Gasteiger partial charge < -0.3 is 10.6 Å². The molecule has 1 amide bonds. The molecule has 6 nitrogen and oxygen atoms in total. The number of hydrogen-bond donors (Lipinski definition) is 2. The second-order valence-electron chi connectivity index (χ2n) is 5.86. The van der Waals surface area contributed by atoms with E-state index in [-0.39, 0.29) is 11.7 Å². The zero-order valence-corrected chi connectivity index (χ0v) is 14.6. The summed E-state index contributed by atoms with van der Waals surface area (Å²) in [6.45, 7) is 1.49. The topological polar surface area (TPSA) is 94.9 Å². The number of nitrogens with one attached hydrogen (secondary N) is 2. The third kappa shape index (κ3) is 4.55. The van der Waals surface area contributed by atoms with Crippen LogP contribution in [0.4, 0.5) is 17.1 Å². The van der Waals surface area contributed by atoms with Crippen LogP contribution in [-0.4, -0.2) is 16.7 Å². The maximum atomic E-state index is 12.4. The molecule has 0 spiro atoms. The molecule has 0 saturated heterocycles. The number of pyridine rings is 1. The number of rotatable bonds is 5. The van der Waals surface area contributed by atoms with Gasteiger partial charge in [0.15, 0.2) is 5.78 Å². The van der Waals surface area contributed by atoms with Gasteiger partial charge in [0, 0.05) is 23.1 Å². The Morgan fingerprint density at radius 2 is 1.56 bits per heavy atom. The summed E-state index contributed by atoms with van der Waals surface area (Å²) in [6.07, 6.45) is 3.08. The summed E-state index contributed by atoms with van der Waals surface area (Å²) >= 11 is 0. The van der Waals surface area contributed by atoms with Crippen molar-refractivity contribution >= 4 is 28.8 Å². The zero-order chi connectivity index (χ0) is 19.2. The second kappa shape index (κ2) is 7.93. The first-order chi connectivity index (χ1) is 13.0. The van der Waals surface area contributed by atoms with Gasteiger partial charge in [-0.05, 0) is 61.5 Å². The van der Waals surface area contributed by atoms with E-state index in [0.717, 1.165) is 5.69 Å². The van der Waals surface area contributed by atoms with Crippen LogP contribution in [0.15, 0.2) is 67.0 Å². The summed E-state index contributed by atoms with van der Waals surface area (Å²) in [7, 11) is 0. The highest BCUT2D eigenvalue weighted by molar-refractivity contribution is 6.05. The summed E-state index contributed by atoms with van der Waals surface area (Å²) < 4.78 is 0. The van der Waals surface area contributed by atoms with Crippen molar-refractivity contribution in [1.29, 1.82) is 5.26 Å². The number of aromatic nitrogens is 1. The van der Waals surface area contributed by atoms with Gasteiger partial charge in [-0.15, -0.1) is 0 Å². The SMILES string of the molecule is CC(=O)c1ccc(NC(=O)c2cncc(Nc3ccc(C#N)cc3)c2)cc1. The molecule has 0 saturated carbocycles. The minimum absolute atomic E-state index is 0.0290. The van der Waals surface area contributed by atoms with Crippen LogP contribution in [0, 0.1) is 11.3 Å². The van der Waals surface area contributed by atoms with Crippen molar-refractivity contribution in [3.63, 3.8) is 0 Å². The van der Waals surface area contributed by atoms with E-state index in [1.807, 2.05) is 0 Å². The molecule has 6 heteroatoms. The number of ketones is 1. The number of benzene rings is 2. The summed E-state index contributed by atoms with van der Waals surface area (Å²) in [4.78, 5) is 27.8. The van der Waals surface area contributed by atoms with E-state index in [9.17, 15) is 9.59 Å². The van der Waals surface area contributed by atoms with Crippen LogP contribution >= 0.6 is 0 Å². The van der Waals surface area contributed by atoms with E-state index in [1.165, 1.54) is 13.1 Å². The zero-order valence-electron chi connectivity index (χ0n) is 14.6. The van der Waals surface area contributed by atoms with Gasteiger partial charge in [-0.2, -0.15) is 5.26 Å². The van der Waals surface area contributed by atoms with E-state index < -0.39 is 0 Å². The van der Waals surface area contributed by atoms with Crippen LogP contribution in [0.25, 0.3) is 0 Å². The number of carbonyl (C=O) groups is 2. The Morgan fingerprint density at radius 3 is 2.19 bits per heavy atom. The Morgan fingerprint density at radius 1 is 0.889 bits per heavy atom. The van der Waals surface area contributed by atoms with Crippen LogP contribution in [-0.2, 0) is 0 Å². The van der Waals surface area contributed by atoms with Crippen molar-refractivity contribution in [2.75, 3.05) is 10.6 Å². The molecule has 132 valence electrons. The summed E-state index contributed by atoms with van der Waals surface area (Å²) in [6, 6.07) is 17.4. The Bertz CT molecular complexity index is 1020. The molecule has 27 heavy (non-hydrogen) atoms. The smallest absolute Gasteiger partial charge is 0.257 e. The molecule has 0 unspecified atom stereocenters. The fourth-order valence-electron chi connectivity index (χ4n) is 2.42. The summed E-state index contributed by atoms with van der Waals surface area (Å²) in [5.41, 5.74) is 3.58. The van der Waals surface area contributed by atoms with Crippen molar-refractivity contribution in [2.45, 2.75) is 6.92 Å². The van der Waals surface area contributed by atoms with Crippen LogP contribution in [0.1, 0.15) is 33.2 Å². The van der Waals surface area contributed by atoms with Crippen LogP contribution in [0.3, 0.4) is 0 Å². The molecule has 0 aliphatic heterocycles. The molecule has 0 aliphatic rings. The van der Waals surface area contributed by atoms with Crippen LogP contribution in [0.2, 0.25) is 0 Å². The molecule has 3 rings (SSSR count). The van der Waals surface area contributed by atoms with Crippen molar-refractivity contribution in [1.82, 2.24) is 4.98 Å². The predicted molar refractivity (Wildman–Crippen MR) is 103 cm³/mol. The van der Waals surface area contributed by atoms with Gasteiger partial charge in [0.05, 0.1) is 29.1 Å². The molecule has 1 aromatic heterocycles. The van der Waals surface area contributed by atoms with E-state index in [1.54, 1.807) is 60.8 Å². The third-order valence-electron chi connectivity index (χ3n) is 3.85. The highest BCUT2D eigenvalue weighted by Gasteiger charge is 2.08. The lowest BCUT2D eigenvalue weighted by Gasteiger charge is -2.09. The number of nitrogens with zero attached hydrogens (tertiary/aromatic N) is 2. The molecular formula is C21H16N4O2. The average molecular weight is 356 g/mol. The Labute approximate surface area is 156 Å². The van der Waals surface area contributed by atoms with Gasteiger partial charge in [0.1, 0.15) is 0 Å². The fourth-order valence-corrected chi connectivity index (χ4v) is 2.42. The minimum Gasteiger partial charge on any atom is -0.354 e. The minimum atomic E-state index is -0.304. The monoisotopic (exact) mass is 356 g/mol. The van der Waals surface area contributed by atoms with Crippen LogP contribution in [0.5, 0.6) is 0 Å². The molecule has 0 radical (unpaired) electrons. The van der Waals surface area contributed by atoms with Crippen molar-refractivity contribution in [2.24, 2.45) is 0 Å². The van der Waals surface area contributed by atoms with Crippen molar-refractivity contribution in [3.05, 3.63) is 83.7 Å². The highest BCUT2D eigenvalue weighted by Crippen LogP contribution is 2.18. The van der Waals surface area contributed by atoms with Gasteiger partial charge in [-0.1, -0.05) is 0 Å². The molecule has 2 N–H and O–H groups in total. The van der Waals surface area contributed by atoms with Gasteiger partial charge in [-0.25, -0.2) is 0 Å². The molecule has 0 atom stereocenters. The fraction of sp³-hybridized carbons (Fsp3) is 0.0476. The maximum Gasteiger partial charge on any atom is 0.257 e. The quantitative estimate of drug-likeness (QED) is 0.670. The molecular weight excluding hydrogens is 340 g/mol. The van der Waals surface area contributed by atoms with E-state index >= 15 is 0 Å². The van der Waals surface area contributed by atoms with Gasteiger partial charge >= 0.3 is 0 Å². The predicted octanol–water partition coefficient (Wildman–Crippen LogP) is 4.15. The van der Waals surface area contributed by atoms with Crippen LogP contribution < -0.4 is 10.6 Å². The number of nitriles is 1. The first-order valence-electron chi connectivity index (χ1n) is 8.20. The van der Waals surface area contributed by atoms with Crippen molar-refractivity contribution in [3.8, 4) is 6.07 Å². The summed E-state index contributed by atoms with van der Waals surface area (Å²) in [5.74, 6) is -0.333. The number of hydrogen-bond acceptors (Lipinski definition) is 5. The number of amides is 1. The number of Topliss-reactive ketones (excluding diaryl/α,β-unsaturated/α-hetero) is 1. The largest absolute Gasteiger partial charge is 0.354 e. The van der Waals surface area contributed by atoms with E-state index in [0.29, 0.717) is 28.1 Å². The molecule has 0 fully saturated rings. The Balaban J connectivity index is 1.71. The summed E-state index contributed by atoms with van der Waals surface area (Å²) in [5, 5.41) is 14.8. The lowest BCUT2D eigenvalue weighted by atomic mass is 10.1. The number of anilines is 3. The maximum absolute atomic E-state index is 12.4.